The third kappa shape index (κ3) is 4.82. The van der Waals surface area contributed by atoms with Crippen LogP contribution in [-0.2, 0) is 0 Å². The van der Waals surface area contributed by atoms with Gasteiger partial charge in [-0.3, -0.25) is 0 Å². The molecule has 0 aromatic heterocycles. The van der Waals surface area contributed by atoms with Crippen LogP contribution in [0.4, 0.5) is 25.0 Å². The Bertz CT molecular complexity index is 825. The minimum absolute atomic E-state index is 0.0226. The normalized spacial score (nSPS) is 16.4. The summed E-state index contributed by atoms with van der Waals surface area (Å²) in [5, 5.41) is 5.90. The second-order valence-electron chi connectivity index (χ2n) is 6.59. The predicted molar refractivity (Wildman–Crippen MR) is 103 cm³/mol. The molecule has 0 spiro atoms. The molecule has 2 aromatic carbocycles. The van der Waals surface area contributed by atoms with Gasteiger partial charge in [-0.1, -0.05) is 0 Å². The van der Waals surface area contributed by atoms with Gasteiger partial charge < -0.3 is 25.0 Å². The van der Waals surface area contributed by atoms with Gasteiger partial charge in [0.05, 0.1) is 19.9 Å². The fourth-order valence-corrected chi connectivity index (χ4v) is 3.19. The van der Waals surface area contributed by atoms with Crippen LogP contribution in [0.1, 0.15) is 12.8 Å². The van der Waals surface area contributed by atoms with Crippen LogP contribution in [-0.4, -0.2) is 44.3 Å². The third-order valence-corrected chi connectivity index (χ3v) is 4.60. The highest BCUT2D eigenvalue weighted by Crippen LogP contribution is 2.27. The Labute approximate surface area is 162 Å². The zero-order chi connectivity index (χ0) is 20.1. The number of likely N-dealkylation sites (tertiary alicyclic amines) is 1. The summed E-state index contributed by atoms with van der Waals surface area (Å²) >= 11 is 0. The average Bonchev–Trinajstić information content (AvgIpc) is 2.69. The average molecular weight is 391 g/mol. The van der Waals surface area contributed by atoms with E-state index in [1.54, 1.807) is 25.2 Å². The Kier molecular flexibility index (Phi) is 6.18. The Morgan fingerprint density at radius 3 is 2.46 bits per heavy atom. The molecule has 1 fully saturated rings. The van der Waals surface area contributed by atoms with Crippen molar-refractivity contribution in [1.29, 1.82) is 0 Å². The van der Waals surface area contributed by atoms with Crippen LogP contribution in [0.25, 0.3) is 0 Å². The zero-order valence-corrected chi connectivity index (χ0v) is 15.8. The summed E-state index contributed by atoms with van der Waals surface area (Å²) in [6.07, 6.45) is 1.69. The largest absolute Gasteiger partial charge is 0.497 e. The van der Waals surface area contributed by atoms with E-state index in [1.807, 2.05) is 12.1 Å². The van der Waals surface area contributed by atoms with E-state index in [0.29, 0.717) is 24.6 Å². The van der Waals surface area contributed by atoms with E-state index in [1.165, 1.54) is 6.07 Å². The number of carbonyl (C=O) groups is 1. The Morgan fingerprint density at radius 1 is 1.11 bits per heavy atom. The molecule has 1 aliphatic rings. The van der Waals surface area contributed by atoms with Gasteiger partial charge in [0.1, 0.15) is 23.1 Å². The highest BCUT2D eigenvalue weighted by molar-refractivity contribution is 5.89. The second kappa shape index (κ2) is 8.77. The summed E-state index contributed by atoms with van der Waals surface area (Å²) in [5.74, 6) is -0.159. The maximum absolute atomic E-state index is 13.8. The van der Waals surface area contributed by atoms with E-state index in [9.17, 15) is 13.6 Å². The molecule has 150 valence electrons. The molecule has 2 amide bonds. The summed E-state index contributed by atoms with van der Waals surface area (Å²) in [7, 11) is 3.17. The number of methoxy groups -OCH3 is 2. The lowest BCUT2D eigenvalue weighted by Gasteiger charge is -2.33. The number of halogens is 2. The first kappa shape index (κ1) is 19.7. The Balaban J connectivity index is 1.64. The first-order valence-electron chi connectivity index (χ1n) is 8.99. The van der Waals surface area contributed by atoms with Crippen molar-refractivity contribution in [2.45, 2.75) is 18.9 Å². The highest BCUT2D eigenvalue weighted by Gasteiger charge is 2.24. The SMILES string of the molecule is COc1cc(NC2CCCN(C(=O)Nc3ccc(F)cc3F)C2)cc(OC)c1. The van der Waals surface area contributed by atoms with Crippen LogP contribution in [0.15, 0.2) is 36.4 Å². The molecule has 8 heteroatoms. The van der Waals surface area contributed by atoms with Crippen molar-refractivity contribution in [1.82, 2.24) is 4.90 Å². The zero-order valence-electron chi connectivity index (χ0n) is 15.8. The first-order chi connectivity index (χ1) is 13.5. The molecule has 1 heterocycles. The quantitative estimate of drug-likeness (QED) is 0.806. The van der Waals surface area contributed by atoms with Crippen LogP contribution in [0.3, 0.4) is 0 Å². The lowest BCUT2D eigenvalue weighted by atomic mass is 10.1. The number of amides is 2. The van der Waals surface area contributed by atoms with Crippen molar-refractivity contribution in [3.8, 4) is 11.5 Å². The number of anilines is 2. The number of hydrogen-bond donors (Lipinski definition) is 2. The molecular formula is C20H23F2N3O3. The molecule has 1 saturated heterocycles. The number of carbonyl (C=O) groups excluding carboxylic acids is 1. The van der Waals surface area contributed by atoms with E-state index in [4.69, 9.17) is 9.47 Å². The number of nitrogens with zero attached hydrogens (tertiary/aromatic N) is 1. The summed E-state index contributed by atoms with van der Waals surface area (Å²) in [6.45, 7) is 1.02. The van der Waals surface area contributed by atoms with Crippen molar-refractivity contribution in [2.75, 3.05) is 37.9 Å². The smallest absolute Gasteiger partial charge is 0.321 e. The minimum atomic E-state index is -0.802. The number of benzene rings is 2. The van der Waals surface area contributed by atoms with Crippen LogP contribution in [0.2, 0.25) is 0 Å². The molecule has 0 aliphatic carbocycles. The first-order valence-corrected chi connectivity index (χ1v) is 8.99. The van der Waals surface area contributed by atoms with Crippen LogP contribution in [0, 0.1) is 11.6 Å². The molecule has 2 N–H and O–H groups in total. The van der Waals surface area contributed by atoms with Gasteiger partial charge in [-0.15, -0.1) is 0 Å². The lowest BCUT2D eigenvalue weighted by molar-refractivity contribution is 0.195. The van der Waals surface area contributed by atoms with Gasteiger partial charge in [-0.05, 0) is 25.0 Å². The van der Waals surface area contributed by atoms with E-state index >= 15 is 0 Å². The molecule has 0 saturated carbocycles. The van der Waals surface area contributed by atoms with Gasteiger partial charge in [0.15, 0.2) is 0 Å². The molecule has 28 heavy (non-hydrogen) atoms. The molecule has 3 rings (SSSR count). The monoisotopic (exact) mass is 391 g/mol. The number of hydrogen-bond acceptors (Lipinski definition) is 4. The van der Waals surface area contributed by atoms with Crippen molar-refractivity contribution in [2.24, 2.45) is 0 Å². The van der Waals surface area contributed by atoms with Gasteiger partial charge in [0, 0.05) is 49.1 Å². The van der Waals surface area contributed by atoms with Crippen molar-refractivity contribution < 1.29 is 23.0 Å². The van der Waals surface area contributed by atoms with E-state index in [-0.39, 0.29) is 11.7 Å². The van der Waals surface area contributed by atoms with Gasteiger partial charge in [-0.2, -0.15) is 0 Å². The standard InChI is InChI=1S/C20H23F2N3O3/c1-27-16-9-15(10-17(11-16)28-2)23-14-4-3-7-25(12-14)20(26)24-19-6-5-13(21)8-18(19)22/h5-6,8-11,14,23H,3-4,7,12H2,1-2H3,(H,24,26). The molecule has 0 radical (unpaired) electrons. The van der Waals surface area contributed by atoms with Crippen LogP contribution >= 0.6 is 0 Å². The van der Waals surface area contributed by atoms with Crippen LogP contribution in [0.5, 0.6) is 11.5 Å². The van der Waals surface area contributed by atoms with Crippen molar-refractivity contribution in [3.63, 3.8) is 0 Å². The molecule has 1 aliphatic heterocycles. The number of urea groups is 1. The minimum Gasteiger partial charge on any atom is -0.497 e. The van der Waals surface area contributed by atoms with E-state index in [2.05, 4.69) is 10.6 Å². The Morgan fingerprint density at radius 2 is 1.82 bits per heavy atom. The predicted octanol–water partition coefficient (Wildman–Crippen LogP) is 4.09. The maximum Gasteiger partial charge on any atom is 0.321 e. The van der Waals surface area contributed by atoms with Crippen LogP contribution < -0.4 is 20.1 Å². The number of ether oxygens (including phenoxy) is 2. The third-order valence-electron chi connectivity index (χ3n) is 4.60. The van der Waals surface area contributed by atoms with Gasteiger partial charge in [-0.25, -0.2) is 13.6 Å². The summed E-state index contributed by atoms with van der Waals surface area (Å²) in [5.41, 5.74) is 0.784. The number of piperidine rings is 1. The van der Waals surface area contributed by atoms with Gasteiger partial charge in [0.2, 0.25) is 0 Å². The van der Waals surface area contributed by atoms with Crippen molar-refractivity contribution in [3.05, 3.63) is 48.0 Å². The maximum atomic E-state index is 13.8. The molecule has 6 nitrogen and oxygen atoms in total. The number of rotatable bonds is 5. The summed E-state index contributed by atoms with van der Waals surface area (Å²) < 4.78 is 37.3. The highest BCUT2D eigenvalue weighted by atomic mass is 19.1. The second-order valence-corrected chi connectivity index (χ2v) is 6.59. The molecular weight excluding hydrogens is 368 g/mol. The molecule has 1 atom stereocenters. The topological polar surface area (TPSA) is 62.8 Å². The summed E-state index contributed by atoms with van der Waals surface area (Å²) in [4.78, 5) is 14.1. The molecule has 0 bridgehead atoms. The van der Waals surface area contributed by atoms with E-state index in [0.717, 1.165) is 30.7 Å². The Hall–Kier alpha value is -3.03. The fraction of sp³-hybridized carbons (Fsp3) is 0.350. The van der Waals surface area contributed by atoms with E-state index < -0.39 is 17.7 Å². The lowest BCUT2D eigenvalue weighted by Crippen LogP contribution is -2.46. The van der Waals surface area contributed by atoms with Gasteiger partial charge in [0.25, 0.3) is 0 Å². The summed E-state index contributed by atoms with van der Waals surface area (Å²) in [6, 6.07) is 8.16. The number of nitrogens with one attached hydrogen (secondary N) is 2. The fourth-order valence-electron chi connectivity index (χ4n) is 3.19. The van der Waals surface area contributed by atoms with Crippen molar-refractivity contribution >= 4 is 17.4 Å². The molecule has 1 unspecified atom stereocenters. The van der Waals surface area contributed by atoms with Gasteiger partial charge >= 0.3 is 6.03 Å². The molecule has 2 aromatic rings.